The first-order valence-electron chi connectivity index (χ1n) is 8.70. The van der Waals surface area contributed by atoms with E-state index in [9.17, 15) is 0 Å². The average molecular weight is 431 g/mol. The smallest absolute Gasteiger partial charge is 0.673 e. The molecule has 3 rings (SSSR count). The summed E-state index contributed by atoms with van der Waals surface area (Å²) in [5.74, 6) is 0.738. The van der Waals surface area contributed by atoms with Crippen molar-refractivity contribution in [2.75, 3.05) is 13.1 Å². The molecule has 152 valence electrons. The second-order valence-electron chi connectivity index (χ2n) is 7.12. The van der Waals surface area contributed by atoms with E-state index in [0.29, 0.717) is 0 Å². The van der Waals surface area contributed by atoms with Crippen LogP contribution in [0.3, 0.4) is 0 Å². The summed E-state index contributed by atoms with van der Waals surface area (Å²) in [6, 6.07) is 13.3. The molecule has 1 heterocycles. The molecule has 2 aromatic carbocycles. The molecule has 2 nitrogen and oxygen atoms in total. The van der Waals surface area contributed by atoms with Crippen molar-refractivity contribution >= 4 is 21.7 Å². The Morgan fingerprint density at radius 3 is 2.18 bits per heavy atom. The van der Waals surface area contributed by atoms with Crippen LogP contribution in [0.25, 0.3) is 16.5 Å². The minimum Gasteiger partial charge on any atom is -0.673 e. The molecular weight excluding hydrogens is 392 g/mol. The third-order valence-corrected chi connectivity index (χ3v) is 3.50. The van der Waals surface area contributed by atoms with Crippen LogP contribution in [-0.4, -0.2) is 29.6 Å². The van der Waals surface area contributed by atoms with Crippen molar-refractivity contribution in [1.29, 1.82) is 0 Å². The van der Waals surface area contributed by atoms with Crippen LogP contribution >= 0.6 is 0 Å². The van der Waals surface area contributed by atoms with Gasteiger partial charge < -0.3 is 25.9 Å². The SMILES string of the molecule is C=CC=CC.CC(C)(C)[NH-].[CH3-].[CH3-].[Si].[Ti+4].c1ccc2[cH-]c(C3CCNC3)cc2c1. The number of hydrogen-bond acceptors (Lipinski definition) is 1. The van der Waals surface area contributed by atoms with Crippen LogP contribution in [0.1, 0.15) is 45.6 Å². The van der Waals surface area contributed by atoms with Gasteiger partial charge in [-0.3, -0.25) is 0 Å². The van der Waals surface area contributed by atoms with Crippen LogP contribution in [0.5, 0.6) is 0 Å². The Hall–Kier alpha value is -0.839. The zero-order valence-electron chi connectivity index (χ0n) is 18.6. The Morgan fingerprint density at radius 1 is 1.21 bits per heavy atom. The number of benzene rings is 1. The quantitative estimate of drug-likeness (QED) is 0.320. The molecule has 0 aliphatic carbocycles. The van der Waals surface area contributed by atoms with Crippen molar-refractivity contribution in [3.8, 4) is 0 Å². The second-order valence-corrected chi connectivity index (χ2v) is 7.12. The molecule has 4 radical (unpaired) electrons. The van der Waals surface area contributed by atoms with Gasteiger partial charge in [-0.25, -0.2) is 0 Å². The van der Waals surface area contributed by atoms with Gasteiger partial charge >= 0.3 is 21.7 Å². The first-order chi connectivity index (χ1) is 11.3. The number of rotatable bonds is 2. The fourth-order valence-corrected chi connectivity index (χ4v) is 2.49. The Labute approximate surface area is 194 Å². The van der Waals surface area contributed by atoms with Crippen molar-refractivity contribution in [1.82, 2.24) is 5.32 Å². The summed E-state index contributed by atoms with van der Waals surface area (Å²) in [6.07, 6.45) is 6.86. The first-order valence-corrected chi connectivity index (χ1v) is 8.70. The zero-order chi connectivity index (χ0) is 18.0. The van der Waals surface area contributed by atoms with Crippen LogP contribution in [-0.2, 0) is 21.7 Å². The van der Waals surface area contributed by atoms with Crippen LogP contribution < -0.4 is 5.32 Å². The van der Waals surface area contributed by atoms with Gasteiger partial charge in [0.25, 0.3) is 0 Å². The zero-order valence-corrected chi connectivity index (χ0v) is 21.2. The Balaban J connectivity index is -0.000000179. The van der Waals surface area contributed by atoms with E-state index >= 15 is 0 Å². The maximum absolute atomic E-state index is 6.94. The molecule has 1 saturated heterocycles. The van der Waals surface area contributed by atoms with Gasteiger partial charge in [-0.05, 0) is 25.8 Å². The van der Waals surface area contributed by atoms with E-state index in [4.69, 9.17) is 5.73 Å². The van der Waals surface area contributed by atoms with Gasteiger partial charge in [0.15, 0.2) is 0 Å². The Morgan fingerprint density at radius 2 is 1.79 bits per heavy atom. The molecule has 1 aliphatic heterocycles. The van der Waals surface area contributed by atoms with Gasteiger partial charge in [0, 0.05) is 17.5 Å². The Bertz CT molecular complexity index is 596. The topological polar surface area (TPSA) is 35.8 Å². The van der Waals surface area contributed by atoms with Crippen molar-refractivity contribution in [3.05, 3.63) is 87.4 Å². The number of allylic oxidation sites excluding steroid dienone is 3. The third-order valence-electron chi connectivity index (χ3n) is 3.50. The molecule has 1 unspecified atom stereocenters. The molecule has 2 aromatic rings. The van der Waals surface area contributed by atoms with E-state index < -0.39 is 0 Å². The van der Waals surface area contributed by atoms with E-state index in [1.807, 2.05) is 39.8 Å². The first kappa shape index (κ1) is 34.7. The second kappa shape index (κ2) is 18.2. The average Bonchev–Trinajstić information content (AvgIpc) is 3.16. The fourth-order valence-electron chi connectivity index (χ4n) is 2.49. The molecule has 1 aliphatic rings. The fraction of sp³-hybridized carbons (Fsp3) is 0.375. The molecular formula is C24H38N2SiTi. The van der Waals surface area contributed by atoms with Gasteiger partial charge in [0.05, 0.1) is 0 Å². The molecule has 0 saturated carbocycles. The summed E-state index contributed by atoms with van der Waals surface area (Å²) in [7, 11) is 0. The van der Waals surface area contributed by atoms with E-state index in [-0.39, 0.29) is 53.1 Å². The van der Waals surface area contributed by atoms with Gasteiger partial charge in [-0.1, -0.05) is 51.6 Å². The van der Waals surface area contributed by atoms with E-state index in [2.05, 4.69) is 48.3 Å². The summed E-state index contributed by atoms with van der Waals surface area (Å²) >= 11 is 0. The number of fused-ring (bicyclic) bond motifs is 1. The molecule has 2 N–H and O–H groups in total. The van der Waals surface area contributed by atoms with Crippen molar-refractivity contribution in [2.45, 2.75) is 45.6 Å². The van der Waals surface area contributed by atoms with Crippen molar-refractivity contribution in [3.63, 3.8) is 0 Å². The maximum Gasteiger partial charge on any atom is 4.00 e. The van der Waals surface area contributed by atoms with Crippen molar-refractivity contribution < 1.29 is 21.7 Å². The monoisotopic (exact) mass is 430 g/mol. The van der Waals surface area contributed by atoms with Gasteiger partial charge in [-0.15, -0.1) is 46.1 Å². The third kappa shape index (κ3) is 15.1. The Kier molecular flexibility index (Phi) is 22.5. The van der Waals surface area contributed by atoms with Gasteiger partial charge in [-0.2, -0.15) is 6.07 Å². The summed E-state index contributed by atoms with van der Waals surface area (Å²) in [4.78, 5) is 0. The van der Waals surface area contributed by atoms with Crippen LogP contribution in [0.4, 0.5) is 0 Å². The van der Waals surface area contributed by atoms with E-state index in [1.165, 1.54) is 29.3 Å². The minimum absolute atomic E-state index is 0. The molecule has 0 aromatic heterocycles. The molecule has 1 fully saturated rings. The summed E-state index contributed by atoms with van der Waals surface area (Å²) in [6.45, 7) is 13.3. The van der Waals surface area contributed by atoms with Gasteiger partial charge in [0.1, 0.15) is 0 Å². The normalized spacial score (nSPS) is 14.7. The minimum atomic E-state index is -0.250. The molecule has 28 heavy (non-hydrogen) atoms. The summed E-state index contributed by atoms with van der Waals surface area (Å²) < 4.78 is 0. The largest absolute Gasteiger partial charge is 4.00 e. The van der Waals surface area contributed by atoms with Crippen LogP contribution in [0.2, 0.25) is 0 Å². The molecule has 0 bridgehead atoms. The number of nitrogens with one attached hydrogen (secondary N) is 2. The number of hydrogen-bond donors (Lipinski definition) is 1. The molecule has 0 amide bonds. The molecule has 0 spiro atoms. The standard InChI is InChI=1S/C13H14N.C5H8.C4H10N.2CH3.Si.Ti/c1-2-4-11-8-13(7-10(11)3-1)12-5-6-14-9-12;1-3-5-4-2;1-4(2,3)5;;;;/h1-4,7-8,12,14H,5-6,9H2;3-5H,1H2,2H3;5H,1-3H3;2*1H3;;/q-1;;3*-1;;+4. The van der Waals surface area contributed by atoms with Gasteiger partial charge in [0.2, 0.25) is 0 Å². The summed E-state index contributed by atoms with van der Waals surface area (Å²) in [5, 5.41) is 6.18. The van der Waals surface area contributed by atoms with E-state index in [0.717, 1.165) is 12.5 Å². The van der Waals surface area contributed by atoms with Crippen LogP contribution in [0.15, 0.2) is 61.2 Å². The predicted molar refractivity (Wildman–Crippen MR) is 127 cm³/mol. The maximum atomic E-state index is 6.94. The van der Waals surface area contributed by atoms with Crippen LogP contribution in [0, 0.1) is 14.9 Å². The van der Waals surface area contributed by atoms with Crippen molar-refractivity contribution in [2.24, 2.45) is 0 Å². The summed E-state index contributed by atoms with van der Waals surface area (Å²) in [5.41, 5.74) is 8.20. The molecule has 4 heteroatoms. The predicted octanol–water partition coefficient (Wildman–Crippen LogP) is 6.74. The van der Waals surface area contributed by atoms with E-state index in [1.54, 1.807) is 6.08 Å². The molecule has 1 atom stereocenters.